The monoisotopic (exact) mass is 475 g/mol. The molecule has 2 heterocycles. The van der Waals surface area contributed by atoms with E-state index >= 15 is 0 Å². The minimum absolute atomic E-state index is 0.133. The molecule has 35 heavy (non-hydrogen) atoms. The maximum atomic E-state index is 13.2. The van der Waals surface area contributed by atoms with E-state index in [-0.39, 0.29) is 13.2 Å². The first-order valence-corrected chi connectivity index (χ1v) is 11.8. The third-order valence-corrected chi connectivity index (χ3v) is 6.38. The molecule has 1 amide bonds. The number of hydrogen-bond acceptors (Lipinski definition) is 6. The van der Waals surface area contributed by atoms with Crippen LogP contribution in [0.25, 0.3) is 0 Å². The minimum Gasteiger partial charge on any atom is -0.445 e. The summed E-state index contributed by atoms with van der Waals surface area (Å²) in [5, 5.41) is 10.8. The zero-order valence-corrected chi connectivity index (χ0v) is 19.3. The van der Waals surface area contributed by atoms with Gasteiger partial charge >= 0.3 is 6.09 Å². The fraction of sp³-hybridized carbons (Fsp3) is 0.321. The highest BCUT2D eigenvalue weighted by atomic mass is 16.7. The first kappa shape index (κ1) is 23.5. The predicted octanol–water partition coefficient (Wildman–Crippen LogP) is 3.90. The number of carbonyl (C=O) groups is 1. The Hall–Kier alpha value is -3.23. The molecule has 5 rings (SSSR count). The van der Waals surface area contributed by atoms with Crippen LogP contribution in [0.2, 0.25) is 0 Å². The van der Waals surface area contributed by atoms with Crippen LogP contribution in [-0.2, 0) is 38.8 Å². The predicted molar refractivity (Wildman–Crippen MR) is 128 cm³/mol. The Labute approximate surface area is 204 Å². The van der Waals surface area contributed by atoms with E-state index in [0.29, 0.717) is 13.2 Å². The summed E-state index contributed by atoms with van der Waals surface area (Å²) in [5.41, 5.74) is 2.88. The van der Waals surface area contributed by atoms with Crippen molar-refractivity contribution in [2.45, 2.75) is 50.5 Å². The fourth-order valence-electron chi connectivity index (χ4n) is 4.61. The summed E-state index contributed by atoms with van der Waals surface area (Å²) in [5.74, 6) is 0. The van der Waals surface area contributed by atoms with Gasteiger partial charge in [0, 0.05) is 0 Å². The normalized spacial score (nSPS) is 25.4. The average Bonchev–Trinajstić information content (AvgIpc) is 3.15. The van der Waals surface area contributed by atoms with Gasteiger partial charge in [0.1, 0.15) is 31.0 Å². The summed E-state index contributed by atoms with van der Waals surface area (Å²) in [7, 11) is 0. The van der Waals surface area contributed by atoms with E-state index in [9.17, 15) is 9.90 Å². The lowest BCUT2D eigenvalue weighted by Crippen LogP contribution is -2.61. The van der Waals surface area contributed by atoms with Gasteiger partial charge in [-0.05, 0) is 16.7 Å². The molecule has 0 radical (unpaired) electrons. The number of piperidine rings is 1. The second kappa shape index (κ2) is 11.0. The van der Waals surface area contributed by atoms with Crippen molar-refractivity contribution in [3.05, 3.63) is 108 Å². The largest absolute Gasteiger partial charge is 0.445 e. The molecule has 1 unspecified atom stereocenters. The Balaban J connectivity index is 1.33. The smallest absolute Gasteiger partial charge is 0.410 e. The van der Waals surface area contributed by atoms with Crippen molar-refractivity contribution < 1.29 is 28.8 Å². The molecule has 2 fully saturated rings. The second-order valence-electron chi connectivity index (χ2n) is 8.77. The van der Waals surface area contributed by atoms with Crippen molar-refractivity contribution >= 4 is 6.09 Å². The molecule has 5 atom stereocenters. The molecule has 3 aromatic carbocycles. The van der Waals surface area contributed by atoms with Crippen LogP contribution in [-0.4, -0.2) is 53.3 Å². The van der Waals surface area contributed by atoms with E-state index in [1.54, 1.807) is 0 Å². The van der Waals surface area contributed by atoms with Gasteiger partial charge in [-0.1, -0.05) is 91.0 Å². The molecule has 3 aromatic rings. The molecule has 2 aliphatic rings. The van der Waals surface area contributed by atoms with Crippen molar-refractivity contribution in [3.63, 3.8) is 0 Å². The summed E-state index contributed by atoms with van der Waals surface area (Å²) < 4.78 is 23.9. The summed E-state index contributed by atoms with van der Waals surface area (Å²) in [6, 6.07) is 28.4. The van der Waals surface area contributed by atoms with E-state index in [4.69, 9.17) is 18.9 Å². The van der Waals surface area contributed by atoms with E-state index < -0.39 is 36.7 Å². The number of aliphatic hydroxyl groups excluding tert-OH is 1. The van der Waals surface area contributed by atoms with Gasteiger partial charge < -0.3 is 24.1 Å². The molecule has 7 heteroatoms. The summed E-state index contributed by atoms with van der Waals surface area (Å²) in [6.07, 6.45) is -3.31. The van der Waals surface area contributed by atoms with E-state index in [1.165, 1.54) is 4.90 Å². The third kappa shape index (κ3) is 5.55. The molecule has 0 saturated carbocycles. The average molecular weight is 476 g/mol. The van der Waals surface area contributed by atoms with Crippen LogP contribution >= 0.6 is 0 Å². The number of rotatable bonds is 8. The second-order valence-corrected chi connectivity index (χ2v) is 8.77. The van der Waals surface area contributed by atoms with Crippen LogP contribution in [0, 0.1) is 0 Å². The molecule has 1 N–H and O–H groups in total. The summed E-state index contributed by atoms with van der Waals surface area (Å²) in [6.45, 7) is 1.05. The van der Waals surface area contributed by atoms with Gasteiger partial charge in [0.15, 0.2) is 6.29 Å². The van der Waals surface area contributed by atoms with Crippen LogP contribution in [0.15, 0.2) is 91.0 Å². The third-order valence-electron chi connectivity index (χ3n) is 6.38. The summed E-state index contributed by atoms with van der Waals surface area (Å²) in [4.78, 5) is 14.7. The molecule has 2 saturated heterocycles. The number of nitrogens with zero attached hydrogens (tertiary/aromatic N) is 1. The number of carbonyl (C=O) groups excluding carboxylic acids is 1. The van der Waals surface area contributed by atoms with Crippen molar-refractivity contribution in [3.8, 4) is 0 Å². The number of benzene rings is 3. The van der Waals surface area contributed by atoms with Crippen LogP contribution in [0.5, 0.6) is 0 Å². The van der Waals surface area contributed by atoms with Gasteiger partial charge in [0.05, 0.1) is 19.8 Å². The molecular formula is C28H29NO6. The highest BCUT2D eigenvalue weighted by Gasteiger charge is 2.57. The first-order chi connectivity index (χ1) is 17.2. The summed E-state index contributed by atoms with van der Waals surface area (Å²) >= 11 is 0. The Morgan fingerprint density at radius 3 is 1.89 bits per heavy atom. The Morgan fingerprint density at radius 1 is 0.800 bits per heavy atom. The van der Waals surface area contributed by atoms with Crippen molar-refractivity contribution in [2.24, 2.45) is 0 Å². The molecular weight excluding hydrogens is 446 g/mol. The van der Waals surface area contributed by atoms with Crippen LogP contribution in [0.3, 0.4) is 0 Å². The highest BCUT2D eigenvalue weighted by molar-refractivity contribution is 5.68. The molecule has 2 bridgehead atoms. The lowest BCUT2D eigenvalue weighted by molar-refractivity contribution is -0.149. The van der Waals surface area contributed by atoms with Crippen molar-refractivity contribution in [1.82, 2.24) is 4.90 Å². The van der Waals surface area contributed by atoms with Gasteiger partial charge in [-0.3, -0.25) is 4.90 Å². The number of amides is 1. The zero-order valence-electron chi connectivity index (χ0n) is 19.3. The van der Waals surface area contributed by atoms with Crippen molar-refractivity contribution in [1.29, 1.82) is 0 Å². The van der Waals surface area contributed by atoms with E-state index in [2.05, 4.69) is 0 Å². The van der Waals surface area contributed by atoms with Crippen molar-refractivity contribution in [2.75, 3.05) is 6.54 Å². The molecule has 0 aromatic heterocycles. The zero-order chi connectivity index (χ0) is 24.0. The minimum atomic E-state index is -1.20. The number of hydrogen-bond donors (Lipinski definition) is 1. The maximum Gasteiger partial charge on any atom is 0.410 e. The lowest BCUT2D eigenvalue weighted by Gasteiger charge is -2.41. The van der Waals surface area contributed by atoms with Gasteiger partial charge in [-0.15, -0.1) is 0 Å². The SMILES string of the molecule is O=C(OCc1ccccc1)N1C[C@H](OCc2ccccc2)[C@H]2OC(O)[C@@H]1[C@H]2OCc1ccccc1. The molecule has 182 valence electrons. The van der Waals surface area contributed by atoms with E-state index in [1.807, 2.05) is 91.0 Å². The Morgan fingerprint density at radius 2 is 1.31 bits per heavy atom. The highest BCUT2D eigenvalue weighted by Crippen LogP contribution is 2.36. The van der Waals surface area contributed by atoms with E-state index in [0.717, 1.165) is 16.7 Å². The fourth-order valence-corrected chi connectivity index (χ4v) is 4.61. The maximum absolute atomic E-state index is 13.2. The standard InChI is InChI=1S/C28H29NO6/c30-27-24-26(33-18-21-12-6-2-7-13-21)25(35-27)23(32-17-20-10-4-1-5-11-20)16-29(24)28(31)34-19-22-14-8-3-9-15-22/h1-15,23-27,30H,16-19H2/t23-,24-,25+,26+,27?/m0/s1. The molecule has 0 aliphatic carbocycles. The molecule has 2 aliphatic heterocycles. The van der Waals surface area contributed by atoms with Crippen LogP contribution in [0.1, 0.15) is 16.7 Å². The lowest BCUT2D eigenvalue weighted by atomic mass is 9.96. The van der Waals surface area contributed by atoms with Gasteiger partial charge in [-0.25, -0.2) is 4.79 Å². The quantitative estimate of drug-likeness (QED) is 0.533. The van der Waals surface area contributed by atoms with Crippen LogP contribution < -0.4 is 0 Å². The van der Waals surface area contributed by atoms with Gasteiger partial charge in [0.25, 0.3) is 0 Å². The number of likely N-dealkylation sites (tertiary alicyclic amines) is 1. The Bertz CT molecular complexity index is 1080. The molecule has 0 spiro atoms. The van der Waals surface area contributed by atoms with Gasteiger partial charge in [0.2, 0.25) is 0 Å². The van der Waals surface area contributed by atoms with Crippen LogP contribution in [0.4, 0.5) is 4.79 Å². The molecule has 7 nitrogen and oxygen atoms in total. The number of ether oxygens (including phenoxy) is 4. The number of fused-ring (bicyclic) bond motifs is 2. The number of aliphatic hydroxyl groups is 1. The first-order valence-electron chi connectivity index (χ1n) is 11.8. The van der Waals surface area contributed by atoms with Gasteiger partial charge in [-0.2, -0.15) is 0 Å². The Kier molecular flexibility index (Phi) is 7.39. The topological polar surface area (TPSA) is 77.5 Å².